The minimum Gasteiger partial charge on any atom is -0.368 e. The third kappa shape index (κ3) is 5.43. The average Bonchev–Trinajstić information content (AvgIpc) is 2.83. The predicted octanol–water partition coefficient (Wildman–Crippen LogP) is 3.29. The van der Waals surface area contributed by atoms with Gasteiger partial charge in [0, 0.05) is 12.7 Å². The van der Waals surface area contributed by atoms with Gasteiger partial charge >= 0.3 is 15.6 Å². The first-order chi connectivity index (χ1) is 16.2. The zero-order chi connectivity index (χ0) is 24.3. The van der Waals surface area contributed by atoms with E-state index >= 15 is 0 Å². The molecule has 0 aromatic heterocycles. The van der Waals surface area contributed by atoms with Gasteiger partial charge < -0.3 is 23.7 Å². The molecule has 0 spiro atoms. The molecule has 2 saturated heterocycles. The Morgan fingerprint density at radius 2 is 1.62 bits per heavy atom. The highest BCUT2D eigenvalue weighted by Gasteiger charge is 2.57. The van der Waals surface area contributed by atoms with Crippen LogP contribution in [0.25, 0.3) is 0 Å². The Hall–Kier alpha value is -2.06. The number of methoxy groups -OCH3 is 1. The molecule has 0 saturated carbocycles. The molecule has 0 amide bonds. The Balaban J connectivity index is 1.64. The standard InChI is InChI=1S/C22H23F3O8S/c1-28-21-19(33-34(26,27)22(23,24)25)18(29-12-14-8-4-2-5-9-14)17-16(31-21)13-30-20(32-17)15-10-6-3-7-11-15/h2-11,16-21H,12-13H2,1H3/t16-,17-,18+,19-,20?,21+/m1/s1. The van der Waals surface area contributed by atoms with Crippen LogP contribution in [0.5, 0.6) is 0 Å². The molecular formula is C22H23F3O8S. The third-order valence-corrected chi connectivity index (χ3v) is 6.44. The molecule has 6 atom stereocenters. The summed E-state index contributed by atoms with van der Waals surface area (Å²) in [5.41, 5.74) is -4.27. The zero-order valence-electron chi connectivity index (χ0n) is 18.0. The third-order valence-electron chi connectivity index (χ3n) is 5.39. The van der Waals surface area contributed by atoms with E-state index in [-0.39, 0.29) is 13.2 Å². The fourth-order valence-corrected chi connectivity index (χ4v) is 4.38. The summed E-state index contributed by atoms with van der Waals surface area (Å²) in [6.45, 7) is -0.0364. The van der Waals surface area contributed by atoms with Crippen molar-refractivity contribution in [3.63, 3.8) is 0 Å². The van der Waals surface area contributed by atoms with Crippen LogP contribution in [0.15, 0.2) is 60.7 Å². The maximum atomic E-state index is 13.1. The number of hydrogen-bond donors (Lipinski definition) is 0. The maximum absolute atomic E-state index is 13.1. The lowest BCUT2D eigenvalue weighted by Crippen LogP contribution is -2.64. The second-order valence-corrected chi connectivity index (χ2v) is 9.24. The molecule has 8 nitrogen and oxygen atoms in total. The Kier molecular flexibility index (Phi) is 7.57. The highest BCUT2D eigenvalue weighted by atomic mass is 32.2. The van der Waals surface area contributed by atoms with E-state index in [1.54, 1.807) is 60.7 Å². The number of hydrogen-bond acceptors (Lipinski definition) is 8. The monoisotopic (exact) mass is 504 g/mol. The molecule has 2 aliphatic heterocycles. The van der Waals surface area contributed by atoms with Gasteiger partial charge in [-0.1, -0.05) is 60.7 Å². The van der Waals surface area contributed by atoms with Crippen molar-refractivity contribution in [3.05, 3.63) is 71.8 Å². The molecule has 2 aromatic rings. The quantitative estimate of drug-likeness (QED) is 0.419. The van der Waals surface area contributed by atoms with Crippen molar-refractivity contribution >= 4 is 10.1 Å². The molecule has 12 heteroatoms. The van der Waals surface area contributed by atoms with Crippen LogP contribution in [0.4, 0.5) is 13.2 Å². The lowest BCUT2D eigenvalue weighted by atomic mass is 9.97. The molecule has 34 heavy (non-hydrogen) atoms. The molecule has 1 unspecified atom stereocenters. The van der Waals surface area contributed by atoms with Gasteiger partial charge in [-0.05, 0) is 5.56 Å². The van der Waals surface area contributed by atoms with Crippen LogP contribution in [0, 0.1) is 0 Å². The Labute approximate surface area is 194 Å². The van der Waals surface area contributed by atoms with E-state index in [4.69, 9.17) is 23.7 Å². The lowest BCUT2D eigenvalue weighted by molar-refractivity contribution is -0.360. The summed E-state index contributed by atoms with van der Waals surface area (Å²) in [7, 11) is -4.83. The first-order valence-electron chi connectivity index (χ1n) is 10.3. The molecule has 2 fully saturated rings. The topological polar surface area (TPSA) is 89.5 Å². The summed E-state index contributed by atoms with van der Waals surface area (Å²) in [6.07, 6.45) is -7.26. The second kappa shape index (κ2) is 10.3. The molecule has 0 bridgehead atoms. The van der Waals surface area contributed by atoms with Crippen molar-refractivity contribution in [2.45, 2.75) is 49.1 Å². The van der Waals surface area contributed by atoms with Crippen LogP contribution < -0.4 is 0 Å². The van der Waals surface area contributed by atoms with Crippen molar-refractivity contribution < 1.29 is 49.5 Å². The number of alkyl halides is 3. The van der Waals surface area contributed by atoms with Gasteiger partial charge in [0.25, 0.3) is 0 Å². The minimum absolute atomic E-state index is 0.00796. The highest BCUT2D eigenvalue weighted by molar-refractivity contribution is 7.87. The molecule has 0 aliphatic carbocycles. The van der Waals surface area contributed by atoms with E-state index in [1.165, 1.54) is 0 Å². The Morgan fingerprint density at radius 1 is 0.971 bits per heavy atom. The molecule has 2 aromatic carbocycles. The van der Waals surface area contributed by atoms with E-state index in [0.717, 1.165) is 7.11 Å². The number of rotatable bonds is 7. The van der Waals surface area contributed by atoms with E-state index in [9.17, 15) is 21.6 Å². The predicted molar refractivity (Wildman–Crippen MR) is 111 cm³/mol. The van der Waals surface area contributed by atoms with Crippen molar-refractivity contribution in [3.8, 4) is 0 Å². The lowest BCUT2D eigenvalue weighted by Gasteiger charge is -2.48. The molecule has 4 rings (SSSR count). The fraction of sp³-hybridized carbons (Fsp3) is 0.455. The Bertz CT molecular complexity index is 1040. The van der Waals surface area contributed by atoms with E-state index in [0.29, 0.717) is 11.1 Å². The molecule has 2 heterocycles. The van der Waals surface area contributed by atoms with E-state index in [1.807, 2.05) is 0 Å². The van der Waals surface area contributed by atoms with Gasteiger partial charge in [-0.2, -0.15) is 21.6 Å². The number of fused-ring (bicyclic) bond motifs is 1. The average molecular weight is 504 g/mol. The van der Waals surface area contributed by atoms with Crippen LogP contribution in [0.2, 0.25) is 0 Å². The smallest absolute Gasteiger partial charge is 0.368 e. The van der Waals surface area contributed by atoms with Gasteiger partial charge in [0.15, 0.2) is 18.7 Å². The van der Waals surface area contributed by atoms with E-state index < -0.39 is 52.6 Å². The van der Waals surface area contributed by atoms with Crippen molar-refractivity contribution in [2.75, 3.05) is 13.7 Å². The largest absolute Gasteiger partial charge is 0.523 e. The Morgan fingerprint density at radius 3 is 2.24 bits per heavy atom. The van der Waals surface area contributed by atoms with Gasteiger partial charge in [-0.15, -0.1) is 0 Å². The number of halogens is 3. The van der Waals surface area contributed by atoms with Gasteiger partial charge in [0.2, 0.25) is 0 Å². The van der Waals surface area contributed by atoms with Gasteiger partial charge in [0.1, 0.15) is 18.3 Å². The normalized spacial score (nSPS) is 30.0. The zero-order valence-corrected chi connectivity index (χ0v) is 18.8. The van der Waals surface area contributed by atoms with Crippen LogP contribution in [0.1, 0.15) is 17.4 Å². The fourth-order valence-electron chi connectivity index (χ4n) is 3.78. The summed E-state index contributed by atoms with van der Waals surface area (Å²) in [5, 5.41) is 0. The molecule has 0 N–H and O–H groups in total. The molecule has 186 valence electrons. The summed E-state index contributed by atoms with van der Waals surface area (Å²) in [6, 6.07) is 17.7. The highest BCUT2D eigenvalue weighted by Crippen LogP contribution is 2.38. The maximum Gasteiger partial charge on any atom is 0.523 e. The summed E-state index contributed by atoms with van der Waals surface area (Å²) in [4.78, 5) is 0. The molecule has 2 aliphatic rings. The number of benzene rings is 2. The van der Waals surface area contributed by atoms with Gasteiger partial charge in [0.05, 0.1) is 13.2 Å². The second-order valence-electron chi connectivity index (χ2n) is 7.68. The van der Waals surface area contributed by atoms with Crippen LogP contribution in [0.3, 0.4) is 0 Å². The van der Waals surface area contributed by atoms with Crippen molar-refractivity contribution in [1.29, 1.82) is 0 Å². The summed E-state index contributed by atoms with van der Waals surface area (Å²) in [5.74, 6) is 0. The van der Waals surface area contributed by atoms with Crippen LogP contribution in [-0.2, 0) is 44.6 Å². The van der Waals surface area contributed by atoms with E-state index in [2.05, 4.69) is 4.18 Å². The van der Waals surface area contributed by atoms with Crippen molar-refractivity contribution in [2.24, 2.45) is 0 Å². The summed E-state index contributed by atoms with van der Waals surface area (Å²) >= 11 is 0. The SMILES string of the molecule is CO[C@H]1O[C@@H]2COC(c3ccccc3)O[C@H]2[C@H](OCc2ccccc2)[C@H]1OS(=O)(=O)C(F)(F)F. The van der Waals surface area contributed by atoms with Crippen molar-refractivity contribution in [1.82, 2.24) is 0 Å². The number of ether oxygens (including phenoxy) is 5. The molecule has 0 radical (unpaired) electrons. The van der Waals surface area contributed by atoms with Crippen LogP contribution in [-0.4, -0.2) is 58.3 Å². The van der Waals surface area contributed by atoms with Crippen LogP contribution >= 0.6 is 0 Å². The van der Waals surface area contributed by atoms with Gasteiger partial charge in [-0.25, -0.2) is 0 Å². The van der Waals surface area contributed by atoms with Gasteiger partial charge in [-0.3, -0.25) is 4.18 Å². The first-order valence-corrected chi connectivity index (χ1v) is 11.8. The molecular weight excluding hydrogens is 481 g/mol. The first kappa shape index (κ1) is 25.0. The summed E-state index contributed by atoms with van der Waals surface area (Å²) < 4.78 is 96.2. The minimum atomic E-state index is -5.99.